The number of hydrogen-bond acceptors (Lipinski definition) is 7. The van der Waals surface area contributed by atoms with Crippen LogP contribution in [0.3, 0.4) is 0 Å². The lowest BCUT2D eigenvalue weighted by atomic mass is 9.94. The summed E-state index contributed by atoms with van der Waals surface area (Å²) in [5, 5.41) is 5.06. The molecule has 0 aliphatic heterocycles. The Morgan fingerprint density at radius 3 is 2.00 bits per heavy atom. The van der Waals surface area contributed by atoms with Gasteiger partial charge in [-0.2, -0.15) is 11.8 Å². The number of hydrogen-bond donors (Lipinski definition) is 2. The van der Waals surface area contributed by atoms with Gasteiger partial charge in [0.15, 0.2) is 0 Å². The largest absolute Gasteiger partial charge is 0.464 e. The summed E-state index contributed by atoms with van der Waals surface area (Å²) in [7, 11) is 0. The van der Waals surface area contributed by atoms with Gasteiger partial charge < -0.3 is 20.1 Å². The summed E-state index contributed by atoms with van der Waals surface area (Å²) in [5.41, 5.74) is 1.16. The molecule has 0 aromatic carbocycles. The van der Waals surface area contributed by atoms with Gasteiger partial charge >= 0.3 is 11.9 Å². The maximum absolute atomic E-state index is 12.0. The van der Waals surface area contributed by atoms with E-state index in [1.165, 1.54) is 0 Å². The molecule has 8 nitrogen and oxygen atoms in total. The average Bonchev–Trinajstić information content (AvgIpc) is 2.82. The second kappa shape index (κ2) is 22.4. The number of thioether (sulfide) groups is 1. The number of allylic oxidation sites excluding steroid dienone is 1. The van der Waals surface area contributed by atoms with Crippen molar-refractivity contribution in [3.63, 3.8) is 0 Å². The fourth-order valence-electron chi connectivity index (χ4n) is 3.53. The topological polar surface area (TPSA) is 111 Å². The summed E-state index contributed by atoms with van der Waals surface area (Å²) in [6, 6.07) is -0.577. The predicted molar refractivity (Wildman–Crippen MR) is 143 cm³/mol. The molecule has 0 spiro atoms. The van der Waals surface area contributed by atoms with Crippen LogP contribution in [0.1, 0.15) is 99.8 Å². The lowest BCUT2D eigenvalue weighted by Crippen LogP contribution is -2.52. The summed E-state index contributed by atoms with van der Waals surface area (Å²) in [6.45, 7) is 14.4. The quantitative estimate of drug-likeness (QED) is 0.109. The van der Waals surface area contributed by atoms with E-state index in [2.05, 4.69) is 31.4 Å². The highest BCUT2D eigenvalue weighted by molar-refractivity contribution is 8.00. The minimum Gasteiger partial charge on any atom is -0.464 e. The van der Waals surface area contributed by atoms with Crippen molar-refractivity contribution in [2.24, 2.45) is 0 Å². The smallest absolute Gasteiger partial charge is 0.354 e. The van der Waals surface area contributed by atoms with Crippen LogP contribution in [0.5, 0.6) is 0 Å². The Kier molecular flexibility index (Phi) is 22.5. The first kappa shape index (κ1) is 35.1. The third kappa shape index (κ3) is 15.6. The van der Waals surface area contributed by atoms with Crippen molar-refractivity contribution in [3.8, 4) is 0 Å². The van der Waals surface area contributed by atoms with E-state index in [-0.39, 0.29) is 16.4 Å². The molecule has 0 fully saturated rings. The van der Waals surface area contributed by atoms with Gasteiger partial charge in [0, 0.05) is 4.75 Å². The monoisotopic (exact) mass is 516 g/mol. The molecule has 2 unspecified atom stereocenters. The van der Waals surface area contributed by atoms with E-state index in [1.54, 1.807) is 25.6 Å². The molecule has 35 heavy (non-hydrogen) atoms. The van der Waals surface area contributed by atoms with Crippen molar-refractivity contribution in [1.82, 2.24) is 10.6 Å². The molecule has 0 aromatic rings. The maximum Gasteiger partial charge on any atom is 0.354 e. The van der Waals surface area contributed by atoms with Crippen LogP contribution in [0, 0.1) is 0 Å². The SMILES string of the molecule is CCCCC/C(C)=C(/NC=O)C(=O)OCC.CCCCCC(C)(SCC)C(NC=O)C(=O)OCC. The summed E-state index contributed by atoms with van der Waals surface area (Å²) >= 11 is 1.71. The molecule has 0 aromatic heterocycles. The van der Waals surface area contributed by atoms with E-state index in [4.69, 9.17) is 9.47 Å². The minimum absolute atomic E-state index is 0.285. The molecule has 0 saturated carbocycles. The van der Waals surface area contributed by atoms with Crippen molar-refractivity contribution in [2.45, 2.75) is 111 Å². The molecule has 2 N–H and O–H groups in total. The van der Waals surface area contributed by atoms with Crippen molar-refractivity contribution in [2.75, 3.05) is 19.0 Å². The molecule has 0 radical (unpaired) electrons. The molecule has 0 rings (SSSR count). The standard InChI is InChI=1S/C14H27NO3S.C12H21NO3/c1-5-8-9-10-14(4,19-7-3)12(15-11-16)13(17)18-6-2;1-4-6-7-8-10(3)11(13-9-14)12(15)16-5-2/h11-12H,5-10H2,1-4H3,(H,15,16);9H,4-8H2,1-3H3,(H,13,14)/b;11-10+. The van der Waals surface area contributed by atoms with Crippen LogP contribution >= 0.6 is 11.8 Å². The van der Waals surface area contributed by atoms with Gasteiger partial charge in [-0.15, -0.1) is 0 Å². The average molecular weight is 517 g/mol. The first-order valence-corrected chi connectivity index (χ1v) is 13.8. The van der Waals surface area contributed by atoms with Crippen LogP contribution in [-0.4, -0.2) is 54.5 Å². The number of ether oxygens (including phenoxy) is 2. The molecule has 2 atom stereocenters. The van der Waals surface area contributed by atoms with Gasteiger partial charge in [0.1, 0.15) is 11.7 Å². The van der Waals surface area contributed by atoms with Gasteiger partial charge in [0.05, 0.1) is 13.2 Å². The second-order valence-corrected chi connectivity index (χ2v) is 10.1. The van der Waals surface area contributed by atoms with Gasteiger partial charge in [-0.05, 0) is 58.3 Å². The summed E-state index contributed by atoms with van der Waals surface area (Å²) in [6.07, 6.45) is 9.40. The third-order valence-corrected chi connectivity index (χ3v) is 6.77. The second-order valence-electron chi connectivity index (χ2n) is 8.27. The van der Waals surface area contributed by atoms with Gasteiger partial charge in [-0.25, -0.2) is 9.59 Å². The number of nitrogens with one attached hydrogen (secondary N) is 2. The highest BCUT2D eigenvalue weighted by atomic mass is 32.2. The van der Waals surface area contributed by atoms with E-state index < -0.39 is 12.0 Å². The summed E-state index contributed by atoms with van der Waals surface area (Å²) in [5.74, 6) is 0.108. The molecular formula is C26H48N2O6S. The van der Waals surface area contributed by atoms with E-state index in [0.29, 0.717) is 26.0 Å². The molecule has 204 valence electrons. The van der Waals surface area contributed by atoms with E-state index in [9.17, 15) is 19.2 Å². The van der Waals surface area contributed by atoms with Crippen molar-refractivity contribution in [3.05, 3.63) is 11.3 Å². The zero-order valence-electron chi connectivity index (χ0n) is 22.9. The Bertz CT molecular complexity index is 641. The Morgan fingerprint density at radius 1 is 0.914 bits per heavy atom. The predicted octanol–water partition coefficient (Wildman–Crippen LogP) is 4.91. The number of carbonyl (C=O) groups is 4. The molecular weight excluding hydrogens is 468 g/mol. The zero-order chi connectivity index (χ0) is 27.1. The van der Waals surface area contributed by atoms with E-state index >= 15 is 0 Å². The normalized spacial score (nSPS) is 13.7. The van der Waals surface area contributed by atoms with E-state index in [0.717, 1.165) is 62.7 Å². The van der Waals surface area contributed by atoms with Crippen molar-refractivity contribution in [1.29, 1.82) is 0 Å². The van der Waals surface area contributed by atoms with Crippen LogP contribution in [0.2, 0.25) is 0 Å². The number of carbonyl (C=O) groups excluding carboxylic acids is 4. The lowest BCUT2D eigenvalue weighted by Gasteiger charge is -2.35. The Hall–Kier alpha value is -2.03. The summed E-state index contributed by atoms with van der Waals surface area (Å²) < 4.78 is 9.64. The van der Waals surface area contributed by atoms with Gasteiger partial charge in [-0.1, -0.05) is 52.9 Å². The Labute approximate surface area is 216 Å². The highest BCUT2D eigenvalue weighted by Gasteiger charge is 2.39. The van der Waals surface area contributed by atoms with Crippen LogP contribution in [0.15, 0.2) is 11.3 Å². The molecule has 0 heterocycles. The number of amides is 2. The Morgan fingerprint density at radius 2 is 1.51 bits per heavy atom. The van der Waals surface area contributed by atoms with Crippen molar-refractivity contribution < 1.29 is 28.7 Å². The van der Waals surface area contributed by atoms with E-state index in [1.807, 2.05) is 13.8 Å². The zero-order valence-corrected chi connectivity index (χ0v) is 23.7. The molecule has 9 heteroatoms. The molecule has 0 aliphatic carbocycles. The number of esters is 2. The third-order valence-electron chi connectivity index (χ3n) is 5.38. The van der Waals surface area contributed by atoms with Gasteiger partial charge in [-0.3, -0.25) is 9.59 Å². The lowest BCUT2D eigenvalue weighted by molar-refractivity contribution is -0.147. The fourth-order valence-corrected chi connectivity index (χ4v) is 4.81. The molecule has 0 saturated heterocycles. The first-order chi connectivity index (χ1) is 16.7. The molecule has 0 bridgehead atoms. The fraction of sp³-hybridized carbons (Fsp3) is 0.769. The minimum atomic E-state index is -0.577. The van der Waals surface area contributed by atoms with Crippen LogP contribution in [0.25, 0.3) is 0 Å². The van der Waals surface area contributed by atoms with Gasteiger partial charge in [0.2, 0.25) is 12.8 Å². The number of rotatable bonds is 19. The first-order valence-electron chi connectivity index (χ1n) is 12.8. The summed E-state index contributed by atoms with van der Waals surface area (Å²) in [4.78, 5) is 44.7. The molecule has 2 amide bonds. The Balaban J connectivity index is 0. The van der Waals surface area contributed by atoms with Gasteiger partial charge in [0.25, 0.3) is 0 Å². The molecule has 0 aliphatic rings. The van der Waals surface area contributed by atoms with Crippen LogP contribution in [-0.2, 0) is 28.7 Å². The highest BCUT2D eigenvalue weighted by Crippen LogP contribution is 2.34. The van der Waals surface area contributed by atoms with Crippen molar-refractivity contribution >= 4 is 36.5 Å². The van der Waals surface area contributed by atoms with Crippen LogP contribution < -0.4 is 10.6 Å². The van der Waals surface area contributed by atoms with Crippen LogP contribution in [0.4, 0.5) is 0 Å². The number of unbranched alkanes of at least 4 members (excludes halogenated alkanes) is 4. The maximum atomic E-state index is 12.0.